The molecule has 0 fully saturated rings. The Balaban J connectivity index is 2.23. The number of carbonyl (C=O) groups is 1. The van der Waals surface area contributed by atoms with Gasteiger partial charge in [-0.25, -0.2) is 4.79 Å². The van der Waals surface area contributed by atoms with Gasteiger partial charge in [0, 0.05) is 22.4 Å². The molecule has 0 aliphatic rings. The van der Waals surface area contributed by atoms with Crippen molar-refractivity contribution >= 4 is 23.8 Å². The summed E-state index contributed by atoms with van der Waals surface area (Å²) < 4.78 is 14.8. The molecule has 0 aromatic heterocycles. The first-order chi connectivity index (χ1) is 10.8. The smallest absolute Gasteiger partial charge is 0.339 e. The van der Waals surface area contributed by atoms with Crippen molar-refractivity contribution in [2.24, 2.45) is 4.40 Å². The van der Waals surface area contributed by atoms with Gasteiger partial charge >= 0.3 is 5.97 Å². The van der Waals surface area contributed by atoms with Crippen molar-refractivity contribution in [2.45, 2.75) is 11.8 Å². The SMILES string of the molecule is CCOC(=O)c1ccccc1S/N=C(\OC)c1ccccc1. The first-order valence-electron chi connectivity index (χ1n) is 6.86. The van der Waals surface area contributed by atoms with E-state index in [9.17, 15) is 4.79 Å². The van der Waals surface area contributed by atoms with Crippen LogP contribution in [-0.2, 0) is 9.47 Å². The zero-order chi connectivity index (χ0) is 15.8. The Morgan fingerprint density at radius 2 is 1.77 bits per heavy atom. The second kappa shape index (κ2) is 8.24. The van der Waals surface area contributed by atoms with E-state index < -0.39 is 0 Å². The van der Waals surface area contributed by atoms with Gasteiger partial charge in [-0.1, -0.05) is 30.3 Å². The molecule has 2 aromatic rings. The van der Waals surface area contributed by atoms with Crippen molar-refractivity contribution in [3.63, 3.8) is 0 Å². The number of hydrogen-bond acceptors (Lipinski definition) is 5. The minimum atomic E-state index is -0.348. The molecule has 2 aromatic carbocycles. The van der Waals surface area contributed by atoms with Gasteiger partial charge in [0.05, 0.1) is 19.3 Å². The highest BCUT2D eigenvalue weighted by Crippen LogP contribution is 2.25. The zero-order valence-corrected chi connectivity index (χ0v) is 13.3. The molecular formula is C17H17NO3S. The van der Waals surface area contributed by atoms with Crippen molar-refractivity contribution in [2.75, 3.05) is 13.7 Å². The first kappa shape index (κ1) is 16.1. The third-order valence-corrected chi connectivity index (χ3v) is 3.63. The molecule has 0 aliphatic heterocycles. The van der Waals surface area contributed by atoms with Gasteiger partial charge in [0.1, 0.15) is 0 Å². The molecule has 0 bridgehead atoms. The van der Waals surface area contributed by atoms with E-state index in [1.165, 1.54) is 11.9 Å². The predicted octanol–water partition coefficient (Wildman–Crippen LogP) is 3.96. The van der Waals surface area contributed by atoms with Crippen LogP contribution in [0.5, 0.6) is 0 Å². The molecule has 114 valence electrons. The lowest BCUT2D eigenvalue weighted by atomic mass is 10.2. The van der Waals surface area contributed by atoms with Crippen LogP contribution in [-0.4, -0.2) is 25.6 Å². The van der Waals surface area contributed by atoms with Crippen molar-refractivity contribution in [3.8, 4) is 0 Å². The fourth-order valence-electron chi connectivity index (χ4n) is 1.80. The molecule has 0 saturated carbocycles. The van der Waals surface area contributed by atoms with Crippen molar-refractivity contribution in [3.05, 3.63) is 65.7 Å². The topological polar surface area (TPSA) is 47.9 Å². The number of esters is 1. The molecule has 5 heteroatoms. The number of methoxy groups -OCH3 is 1. The zero-order valence-electron chi connectivity index (χ0n) is 12.5. The van der Waals surface area contributed by atoms with E-state index in [0.29, 0.717) is 18.1 Å². The normalized spacial score (nSPS) is 11.1. The van der Waals surface area contributed by atoms with Crippen LogP contribution < -0.4 is 0 Å². The van der Waals surface area contributed by atoms with Gasteiger partial charge in [-0.05, 0) is 31.2 Å². The van der Waals surface area contributed by atoms with Crippen LogP contribution in [0.15, 0.2) is 63.9 Å². The predicted molar refractivity (Wildman–Crippen MR) is 88.2 cm³/mol. The summed E-state index contributed by atoms with van der Waals surface area (Å²) in [6.45, 7) is 2.12. The van der Waals surface area contributed by atoms with E-state index in [1.54, 1.807) is 26.2 Å². The Morgan fingerprint density at radius 1 is 1.09 bits per heavy atom. The summed E-state index contributed by atoms with van der Waals surface area (Å²) in [5.41, 5.74) is 1.38. The third kappa shape index (κ3) is 4.11. The van der Waals surface area contributed by atoms with Gasteiger partial charge in [-0.15, -0.1) is 0 Å². The van der Waals surface area contributed by atoms with Crippen LogP contribution in [0.25, 0.3) is 0 Å². The highest BCUT2D eigenvalue weighted by Gasteiger charge is 2.13. The Labute approximate surface area is 134 Å². The fourth-order valence-corrected chi connectivity index (χ4v) is 2.55. The molecule has 2 rings (SSSR count). The maximum absolute atomic E-state index is 11.9. The van der Waals surface area contributed by atoms with Crippen molar-refractivity contribution in [1.29, 1.82) is 0 Å². The number of ether oxygens (including phenoxy) is 2. The number of hydrogen-bond donors (Lipinski definition) is 0. The van der Waals surface area contributed by atoms with E-state index in [-0.39, 0.29) is 5.97 Å². The second-order valence-electron chi connectivity index (χ2n) is 4.27. The maximum Gasteiger partial charge on any atom is 0.339 e. The van der Waals surface area contributed by atoms with Gasteiger partial charge in [0.15, 0.2) is 0 Å². The molecule has 0 N–H and O–H groups in total. The van der Waals surface area contributed by atoms with Gasteiger partial charge in [-0.2, -0.15) is 4.40 Å². The molecule has 0 heterocycles. The minimum Gasteiger partial charge on any atom is -0.480 e. The van der Waals surface area contributed by atoms with Crippen LogP contribution in [0, 0.1) is 0 Å². The lowest BCUT2D eigenvalue weighted by Crippen LogP contribution is -2.06. The summed E-state index contributed by atoms with van der Waals surface area (Å²) in [5.74, 6) is 0.156. The summed E-state index contributed by atoms with van der Waals surface area (Å²) in [6.07, 6.45) is 0. The summed E-state index contributed by atoms with van der Waals surface area (Å²) in [7, 11) is 1.57. The number of carbonyl (C=O) groups excluding carboxylic acids is 1. The first-order valence-corrected chi connectivity index (χ1v) is 7.64. The largest absolute Gasteiger partial charge is 0.480 e. The average molecular weight is 315 g/mol. The molecular weight excluding hydrogens is 298 g/mol. The van der Waals surface area contributed by atoms with E-state index in [0.717, 1.165) is 10.5 Å². The van der Waals surface area contributed by atoms with E-state index in [2.05, 4.69) is 4.40 Å². The Hall–Kier alpha value is -2.27. The van der Waals surface area contributed by atoms with Crippen LogP contribution in [0.2, 0.25) is 0 Å². The van der Waals surface area contributed by atoms with Gasteiger partial charge < -0.3 is 9.47 Å². The third-order valence-electron chi connectivity index (χ3n) is 2.82. The highest BCUT2D eigenvalue weighted by atomic mass is 32.2. The van der Waals surface area contributed by atoms with E-state index >= 15 is 0 Å². The summed E-state index contributed by atoms with van der Waals surface area (Å²) >= 11 is 1.19. The summed E-state index contributed by atoms with van der Waals surface area (Å²) in [6, 6.07) is 16.8. The molecule has 0 amide bonds. The lowest BCUT2D eigenvalue weighted by molar-refractivity contribution is 0.0522. The van der Waals surface area contributed by atoms with E-state index in [1.807, 2.05) is 42.5 Å². The molecule has 0 aliphatic carbocycles. The molecule has 0 saturated heterocycles. The highest BCUT2D eigenvalue weighted by molar-refractivity contribution is 7.98. The van der Waals surface area contributed by atoms with Crippen LogP contribution in [0.4, 0.5) is 0 Å². The molecule has 4 nitrogen and oxygen atoms in total. The molecule has 0 atom stereocenters. The fraction of sp³-hybridized carbons (Fsp3) is 0.176. The number of rotatable bonds is 5. The van der Waals surface area contributed by atoms with Gasteiger partial charge in [-0.3, -0.25) is 0 Å². The minimum absolute atomic E-state index is 0.342. The van der Waals surface area contributed by atoms with Crippen molar-refractivity contribution < 1.29 is 14.3 Å². The van der Waals surface area contributed by atoms with Crippen LogP contribution in [0.3, 0.4) is 0 Å². The van der Waals surface area contributed by atoms with Gasteiger partial charge in [0.25, 0.3) is 0 Å². The second-order valence-corrected chi connectivity index (χ2v) is 5.08. The Bertz CT molecular complexity index is 656. The monoisotopic (exact) mass is 315 g/mol. The Kier molecular flexibility index (Phi) is 6.03. The Morgan fingerprint density at radius 3 is 2.45 bits per heavy atom. The van der Waals surface area contributed by atoms with E-state index in [4.69, 9.17) is 9.47 Å². The molecule has 22 heavy (non-hydrogen) atoms. The van der Waals surface area contributed by atoms with Crippen LogP contribution in [0.1, 0.15) is 22.8 Å². The maximum atomic E-state index is 11.9. The number of benzene rings is 2. The standard InChI is InChI=1S/C17H17NO3S/c1-3-21-17(19)14-11-7-8-12-15(14)22-18-16(20-2)13-9-5-4-6-10-13/h4-12H,3H2,1-2H3/b18-16-. The van der Waals surface area contributed by atoms with Crippen LogP contribution >= 0.6 is 11.9 Å². The summed E-state index contributed by atoms with van der Waals surface area (Å²) in [4.78, 5) is 12.7. The van der Waals surface area contributed by atoms with Gasteiger partial charge in [0.2, 0.25) is 5.90 Å². The number of nitrogens with zero attached hydrogens (tertiary/aromatic N) is 1. The van der Waals surface area contributed by atoms with Crippen molar-refractivity contribution in [1.82, 2.24) is 0 Å². The quantitative estimate of drug-likeness (QED) is 0.363. The molecule has 0 unspecified atom stereocenters. The average Bonchev–Trinajstić information content (AvgIpc) is 2.57. The molecule has 0 radical (unpaired) electrons. The summed E-state index contributed by atoms with van der Waals surface area (Å²) in [5, 5.41) is 0. The molecule has 0 spiro atoms. The lowest BCUT2D eigenvalue weighted by Gasteiger charge is -2.07.